The number of benzene rings is 1. The van der Waals surface area contributed by atoms with Crippen molar-refractivity contribution >= 4 is 29.0 Å². The van der Waals surface area contributed by atoms with E-state index in [1.807, 2.05) is 12.1 Å². The van der Waals surface area contributed by atoms with Crippen molar-refractivity contribution in [2.45, 2.75) is 25.7 Å². The molecule has 3 aliphatic carbocycles. The quantitative estimate of drug-likeness (QED) is 0.808. The molecule has 0 aliphatic heterocycles. The molecule has 0 spiro atoms. The summed E-state index contributed by atoms with van der Waals surface area (Å²) >= 11 is 12.2. The number of hydrogen-bond donors (Lipinski definition) is 0. The van der Waals surface area contributed by atoms with Crippen LogP contribution in [0.4, 0.5) is 0 Å². The largest absolute Gasteiger partial charge is 0.299 e. The Bertz CT molecular complexity index is 538. The molecule has 0 heterocycles. The second-order valence-corrected chi connectivity index (χ2v) is 7.15. The van der Waals surface area contributed by atoms with E-state index in [0.717, 1.165) is 17.4 Å². The minimum Gasteiger partial charge on any atom is -0.299 e. The van der Waals surface area contributed by atoms with Crippen LogP contribution >= 0.6 is 23.2 Å². The van der Waals surface area contributed by atoms with Gasteiger partial charge in [0.25, 0.3) is 0 Å². The van der Waals surface area contributed by atoms with Gasteiger partial charge in [-0.3, -0.25) is 4.79 Å². The molecular weight excluding hydrogens is 279 g/mol. The van der Waals surface area contributed by atoms with Crippen molar-refractivity contribution in [3.8, 4) is 0 Å². The van der Waals surface area contributed by atoms with Gasteiger partial charge >= 0.3 is 0 Å². The van der Waals surface area contributed by atoms with Gasteiger partial charge in [0, 0.05) is 12.3 Å². The van der Waals surface area contributed by atoms with Gasteiger partial charge in [-0.05, 0) is 54.6 Å². The van der Waals surface area contributed by atoms with Crippen LogP contribution in [-0.2, 0) is 11.2 Å². The van der Waals surface area contributed by atoms with Gasteiger partial charge in [0.05, 0.1) is 10.0 Å². The first-order valence-electron chi connectivity index (χ1n) is 7.12. The summed E-state index contributed by atoms with van der Waals surface area (Å²) in [5, 5.41) is 1.09. The van der Waals surface area contributed by atoms with Crippen LogP contribution in [-0.4, -0.2) is 5.78 Å². The summed E-state index contributed by atoms with van der Waals surface area (Å²) < 4.78 is 0. The summed E-state index contributed by atoms with van der Waals surface area (Å²) in [6.07, 6.45) is 4.55. The molecule has 0 radical (unpaired) electrons. The van der Waals surface area contributed by atoms with E-state index in [4.69, 9.17) is 23.2 Å². The number of Topliss-reactive ketones (excluding diaryl/α,β-unsaturated/α-hetero) is 1. The number of fused-ring (bicyclic) bond motifs is 5. The maximum atomic E-state index is 12.5. The molecule has 1 nitrogen and oxygen atoms in total. The van der Waals surface area contributed by atoms with Crippen molar-refractivity contribution < 1.29 is 4.79 Å². The fourth-order valence-electron chi connectivity index (χ4n) is 4.75. The zero-order valence-electron chi connectivity index (χ0n) is 10.6. The van der Waals surface area contributed by atoms with Crippen LogP contribution in [0.3, 0.4) is 0 Å². The van der Waals surface area contributed by atoms with Gasteiger partial charge in [-0.2, -0.15) is 0 Å². The predicted octanol–water partition coefficient (Wildman–Crippen LogP) is 4.40. The third kappa shape index (κ3) is 1.78. The molecule has 0 N–H and O–H groups in total. The molecule has 3 fully saturated rings. The highest BCUT2D eigenvalue weighted by Gasteiger charge is 2.66. The van der Waals surface area contributed by atoms with Gasteiger partial charge < -0.3 is 0 Å². The SMILES string of the molecule is O=C(Cc1cccc(Cl)c1Cl)C1C2C3CCC(C3)C12. The predicted molar refractivity (Wildman–Crippen MR) is 76.5 cm³/mol. The van der Waals surface area contributed by atoms with Crippen molar-refractivity contribution in [2.75, 3.05) is 0 Å². The van der Waals surface area contributed by atoms with E-state index in [9.17, 15) is 4.79 Å². The highest BCUT2D eigenvalue weighted by atomic mass is 35.5. The summed E-state index contributed by atoms with van der Waals surface area (Å²) in [7, 11) is 0. The Morgan fingerprint density at radius 2 is 1.84 bits per heavy atom. The highest BCUT2D eigenvalue weighted by molar-refractivity contribution is 6.42. The lowest BCUT2D eigenvalue weighted by Crippen LogP contribution is -2.12. The molecule has 19 heavy (non-hydrogen) atoms. The molecule has 3 saturated carbocycles. The van der Waals surface area contributed by atoms with E-state index < -0.39 is 0 Å². The van der Waals surface area contributed by atoms with Gasteiger partial charge in [0.15, 0.2) is 0 Å². The lowest BCUT2D eigenvalue weighted by Gasteiger charge is -2.09. The molecule has 3 heteroatoms. The van der Waals surface area contributed by atoms with Crippen molar-refractivity contribution in [3.63, 3.8) is 0 Å². The van der Waals surface area contributed by atoms with E-state index >= 15 is 0 Å². The molecule has 100 valence electrons. The van der Waals surface area contributed by atoms with Crippen molar-refractivity contribution in [2.24, 2.45) is 29.6 Å². The summed E-state index contributed by atoms with van der Waals surface area (Å²) in [6.45, 7) is 0. The Morgan fingerprint density at radius 3 is 2.53 bits per heavy atom. The lowest BCUT2D eigenvalue weighted by atomic mass is 9.96. The zero-order valence-corrected chi connectivity index (χ0v) is 12.1. The summed E-state index contributed by atoms with van der Waals surface area (Å²) in [5.74, 6) is 3.84. The minimum atomic E-state index is 0.335. The highest BCUT2D eigenvalue weighted by Crippen LogP contribution is 2.69. The number of carbonyl (C=O) groups excluding carboxylic acids is 1. The number of ketones is 1. The average Bonchev–Trinajstić information content (AvgIpc) is 2.84. The number of rotatable bonds is 3. The van der Waals surface area contributed by atoms with Gasteiger partial charge in [-0.15, -0.1) is 0 Å². The normalized spacial score (nSPS) is 38.3. The molecule has 0 saturated heterocycles. The molecule has 4 unspecified atom stereocenters. The van der Waals surface area contributed by atoms with Crippen LogP contribution in [0.5, 0.6) is 0 Å². The lowest BCUT2D eigenvalue weighted by molar-refractivity contribution is -0.120. The Morgan fingerprint density at radius 1 is 1.16 bits per heavy atom. The first-order valence-corrected chi connectivity index (χ1v) is 7.88. The molecule has 0 aromatic heterocycles. The Labute approximate surface area is 123 Å². The molecule has 1 aromatic rings. The second-order valence-electron chi connectivity index (χ2n) is 6.37. The van der Waals surface area contributed by atoms with Crippen molar-refractivity contribution in [3.05, 3.63) is 33.8 Å². The maximum Gasteiger partial charge on any atom is 0.140 e. The van der Waals surface area contributed by atoms with E-state index in [-0.39, 0.29) is 0 Å². The Balaban J connectivity index is 1.50. The maximum absolute atomic E-state index is 12.5. The van der Waals surface area contributed by atoms with E-state index in [1.165, 1.54) is 19.3 Å². The fourth-order valence-corrected chi connectivity index (χ4v) is 5.13. The van der Waals surface area contributed by atoms with Crippen LogP contribution in [0.25, 0.3) is 0 Å². The van der Waals surface area contributed by atoms with E-state index in [0.29, 0.717) is 40.0 Å². The molecule has 3 aliphatic rings. The fraction of sp³-hybridized carbons (Fsp3) is 0.562. The smallest absolute Gasteiger partial charge is 0.140 e. The number of halogens is 2. The number of hydrogen-bond acceptors (Lipinski definition) is 1. The summed E-state index contributed by atoms with van der Waals surface area (Å²) in [6, 6.07) is 5.55. The van der Waals surface area contributed by atoms with Crippen LogP contribution < -0.4 is 0 Å². The molecule has 0 amide bonds. The van der Waals surface area contributed by atoms with E-state index in [2.05, 4.69) is 0 Å². The topological polar surface area (TPSA) is 17.1 Å². The zero-order chi connectivity index (χ0) is 13.1. The minimum absolute atomic E-state index is 0.335. The number of carbonyl (C=O) groups is 1. The van der Waals surface area contributed by atoms with Crippen LogP contribution in [0, 0.1) is 29.6 Å². The van der Waals surface area contributed by atoms with Gasteiger partial charge in [0.2, 0.25) is 0 Å². The summed E-state index contributed by atoms with van der Waals surface area (Å²) in [4.78, 5) is 12.5. The first kappa shape index (κ1) is 12.2. The first-order chi connectivity index (χ1) is 9.16. The monoisotopic (exact) mass is 294 g/mol. The molecule has 2 bridgehead atoms. The van der Waals surface area contributed by atoms with Gasteiger partial charge in [0.1, 0.15) is 5.78 Å². The van der Waals surface area contributed by atoms with Crippen LogP contribution in [0.1, 0.15) is 24.8 Å². The Hall–Kier alpha value is -0.530. The molecular formula is C16H16Cl2O. The third-order valence-corrected chi connectivity index (χ3v) is 6.36. The standard InChI is InChI=1S/C16H16Cl2O/c17-11-3-1-2-10(16(11)18)7-12(19)15-13-8-4-5-9(6-8)14(13)15/h1-3,8-9,13-15H,4-7H2. The van der Waals surface area contributed by atoms with E-state index in [1.54, 1.807) is 6.07 Å². The van der Waals surface area contributed by atoms with Crippen molar-refractivity contribution in [1.29, 1.82) is 0 Å². The average molecular weight is 295 g/mol. The molecule has 4 atom stereocenters. The second kappa shape index (κ2) is 4.23. The van der Waals surface area contributed by atoms with Gasteiger partial charge in [-0.25, -0.2) is 0 Å². The van der Waals surface area contributed by atoms with Crippen LogP contribution in [0.15, 0.2) is 18.2 Å². The third-order valence-electron chi connectivity index (χ3n) is 5.50. The Kier molecular flexibility index (Phi) is 2.72. The van der Waals surface area contributed by atoms with Gasteiger partial charge in [-0.1, -0.05) is 35.3 Å². The molecule has 4 rings (SSSR count). The molecule has 1 aromatic carbocycles. The van der Waals surface area contributed by atoms with Crippen molar-refractivity contribution in [1.82, 2.24) is 0 Å². The summed E-state index contributed by atoms with van der Waals surface area (Å²) in [5.41, 5.74) is 0.886. The van der Waals surface area contributed by atoms with Crippen LogP contribution in [0.2, 0.25) is 10.0 Å².